The first kappa shape index (κ1) is 30.5. The van der Waals surface area contributed by atoms with Gasteiger partial charge in [-0.25, -0.2) is 0 Å². The summed E-state index contributed by atoms with van der Waals surface area (Å²) in [7, 11) is 0. The van der Waals surface area contributed by atoms with Gasteiger partial charge in [0.15, 0.2) is 6.29 Å². The van der Waals surface area contributed by atoms with E-state index in [9.17, 15) is 10.1 Å². The van der Waals surface area contributed by atoms with E-state index in [1.165, 1.54) is 96.3 Å². The predicted molar refractivity (Wildman–Crippen MR) is 145 cm³/mol. The molecule has 0 N–H and O–H groups in total. The zero-order valence-corrected chi connectivity index (χ0v) is 23.1. The highest BCUT2D eigenvalue weighted by molar-refractivity contribution is 4.68. The van der Waals surface area contributed by atoms with E-state index in [1.54, 1.807) is 0 Å². The molecule has 0 aromatic heterocycles. The van der Waals surface area contributed by atoms with Crippen LogP contribution in [0.3, 0.4) is 0 Å². The largest absolute Gasteiger partial charge is 0.349 e. The smallest absolute Gasteiger partial charge is 0.213 e. The van der Waals surface area contributed by atoms with Crippen LogP contribution < -0.4 is 0 Å². The second-order valence-corrected chi connectivity index (χ2v) is 11.4. The van der Waals surface area contributed by atoms with E-state index >= 15 is 0 Å². The molecule has 0 spiro atoms. The number of nitrogens with zero attached hydrogens (tertiary/aromatic N) is 1. The van der Waals surface area contributed by atoms with E-state index in [2.05, 4.69) is 6.92 Å². The Bertz CT molecular complexity index is 469. The number of nitro groups is 1. The standard InChI is InChI=1S/C30H57NO4/c1-2-3-4-9-14-20-27(31(32)33)21-19-26-30-34-28-22-15-10-5-6-11-16-23-29(35-30)25-18-13-8-7-12-17-24-28/h27-30H,2-26H2,1H3. The fourth-order valence-corrected chi connectivity index (χ4v) is 5.92. The average Bonchev–Trinajstić information content (AvgIpc) is 2.87. The first-order chi connectivity index (χ1) is 17.2. The molecular formula is C30H57NO4. The monoisotopic (exact) mass is 495 g/mol. The van der Waals surface area contributed by atoms with E-state index in [0.717, 1.165) is 51.4 Å². The molecule has 0 aromatic carbocycles. The summed E-state index contributed by atoms with van der Waals surface area (Å²) in [5.41, 5.74) is 0. The normalized spacial score (nSPS) is 26.9. The van der Waals surface area contributed by atoms with E-state index in [4.69, 9.17) is 9.47 Å². The molecule has 0 saturated carbocycles. The van der Waals surface area contributed by atoms with Crippen LogP contribution in [0.4, 0.5) is 0 Å². The number of unbranched alkanes of at least 4 members (excludes halogenated alkanes) is 4. The Morgan fingerprint density at radius 3 is 1.54 bits per heavy atom. The molecule has 1 atom stereocenters. The van der Waals surface area contributed by atoms with Crippen LogP contribution in [0.15, 0.2) is 0 Å². The van der Waals surface area contributed by atoms with Crippen LogP contribution in [-0.2, 0) is 9.47 Å². The molecule has 2 saturated heterocycles. The van der Waals surface area contributed by atoms with E-state index < -0.39 is 6.04 Å². The zero-order chi connectivity index (χ0) is 25.0. The van der Waals surface area contributed by atoms with Crippen molar-refractivity contribution >= 4 is 0 Å². The molecule has 5 heteroatoms. The molecule has 0 radical (unpaired) electrons. The highest BCUT2D eigenvalue weighted by atomic mass is 16.7. The Kier molecular flexibility index (Phi) is 17.8. The maximum atomic E-state index is 11.7. The van der Waals surface area contributed by atoms with Crippen LogP contribution in [0.25, 0.3) is 0 Å². The van der Waals surface area contributed by atoms with Gasteiger partial charge >= 0.3 is 0 Å². The van der Waals surface area contributed by atoms with Crippen LogP contribution >= 0.6 is 0 Å². The lowest BCUT2D eigenvalue weighted by molar-refractivity contribution is -0.524. The Balaban J connectivity index is 1.95. The molecule has 206 valence electrons. The molecule has 2 aliphatic rings. The van der Waals surface area contributed by atoms with Crippen molar-refractivity contribution in [2.75, 3.05) is 0 Å². The highest BCUT2D eigenvalue weighted by Crippen LogP contribution is 2.26. The maximum absolute atomic E-state index is 11.7. The SMILES string of the molecule is CCCCCCCC(CCCC1OC2CCCCCCCCC(CCCCCCCC2)O1)[N+](=O)[O-]. The van der Waals surface area contributed by atoms with Crippen LogP contribution in [0.2, 0.25) is 0 Å². The van der Waals surface area contributed by atoms with Gasteiger partial charge in [0.1, 0.15) is 0 Å². The minimum absolute atomic E-state index is 0.0346. The molecule has 0 amide bonds. The Hall–Kier alpha value is -0.680. The van der Waals surface area contributed by atoms with Crippen LogP contribution in [0, 0.1) is 10.1 Å². The van der Waals surface area contributed by atoms with Gasteiger partial charge in [0.2, 0.25) is 6.04 Å². The summed E-state index contributed by atoms with van der Waals surface area (Å²) in [6.45, 7) is 2.21. The third kappa shape index (κ3) is 15.2. The molecule has 2 aliphatic heterocycles. The minimum Gasteiger partial charge on any atom is -0.349 e. The summed E-state index contributed by atoms with van der Waals surface area (Å²) in [4.78, 5) is 11.6. The molecular weight excluding hydrogens is 438 g/mol. The number of ether oxygens (including phenoxy) is 2. The number of hydrogen-bond donors (Lipinski definition) is 0. The summed E-state index contributed by atoms with van der Waals surface area (Å²) in [6.07, 6.45) is 29.3. The summed E-state index contributed by atoms with van der Waals surface area (Å²) in [5.74, 6) is 0. The Morgan fingerprint density at radius 1 is 0.657 bits per heavy atom. The van der Waals surface area contributed by atoms with Crippen molar-refractivity contribution in [2.24, 2.45) is 0 Å². The summed E-state index contributed by atoms with van der Waals surface area (Å²) >= 11 is 0. The lowest BCUT2D eigenvalue weighted by atomic mass is 9.99. The highest BCUT2D eigenvalue weighted by Gasteiger charge is 2.24. The average molecular weight is 496 g/mol. The fraction of sp³-hybridized carbons (Fsp3) is 1.00. The number of fused-ring (bicyclic) bond motifs is 4. The van der Waals surface area contributed by atoms with Crippen molar-refractivity contribution in [2.45, 2.75) is 192 Å². The Morgan fingerprint density at radius 2 is 1.09 bits per heavy atom. The third-order valence-electron chi connectivity index (χ3n) is 8.21. The fourth-order valence-electron chi connectivity index (χ4n) is 5.92. The van der Waals surface area contributed by atoms with Gasteiger partial charge < -0.3 is 9.47 Å². The van der Waals surface area contributed by atoms with Gasteiger partial charge in [-0.1, -0.05) is 110 Å². The van der Waals surface area contributed by atoms with Crippen LogP contribution in [0.1, 0.15) is 167 Å². The number of hydrogen-bond acceptors (Lipinski definition) is 4. The first-order valence-electron chi connectivity index (χ1n) is 15.6. The maximum Gasteiger partial charge on any atom is 0.213 e. The van der Waals surface area contributed by atoms with Gasteiger partial charge in [0, 0.05) is 17.8 Å². The molecule has 0 aliphatic carbocycles. The predicted octanol–water partition coefficient (Wildman–Crippen LogP) is 9.53. The van der Waals surface area contributed by atoms with Crippen LogP contribution in [0.5, 0.6) is 0 Å². The van der Waals surface area contributed by atoms with Crippen LogP contribution in [-0.4, -0.2) is 29.5 Å². The third-order valence-corrected chi connectivity index (χ3v) is 8.21. The molecule has 2 fully saturated rings. The molecule has 0 aromatic rings. The second-order valence-electron chi connectivity index (χ2n) is 11.4. The second kappa shape index (κ2) is 20.4. The van der Waals surface area contributed by atoms with Gasteiger partial charge in [0.25, 0.3) is 0 Å². The van der Waals surface area contributed by atoms with E-state index in [1.807, 2.05) is 0 Å². The van der Waals surface area contributed by atoms with Gasteiger partial charge in [-0.2, -0.15) is 0 Å². The van der Waals surface area contributed by atoms with Gasteiger partial charge in [-0.05, 0) is 44.9 Å². The van der Waals surface area contributed by atoms with Gasteiger partial charge in [-0.15, -0.1) is 0 Å². The lowest BCUT2D eigenvalue weighted by Gasteiger charge is -2.29. The molecule has 2 rings (SSSR count). The first-order valence-corrected chi connectivity index (χ1v) is 15.6. The number of rotatable bonds is 11. The Labute approximate surface area is 216 Å². The zero-order valence-electron chi connectivity index (χ0n) is 23.1. The van der Waals surface area contributed by atoms with Gasteiger partial charge in [0.05, 0.1) is 12.2 Å². The van der Waals surface area contributed by atoms with Crippen molar-refractivity contribution < 1.29 is 14.4 Å². The molecule has 1 unspecified atom stereocenters. The van der Waals surface area contributed by atoms with E-state index in [0.29, 0.717) is 12.8 Å². The molecule has 2 bridgehead atoms. The topological polar surface area (TPSA) is 61.6 Å². The molecule has 2 heterocycles. The molecule has 5 nitrogen and oxygen atoms in total. The summed E-state index contributed by atoms with van der Waals surface area (Å²) in [5, 5.41) is 11.7. The molecule has 35 heavy (non-hydrogen) atoms. The van der Waals surface area contributed by atoms with Crippen molar-refractivity contribution in [1.82, 2.24) is 0 Å². The quantitative estimate of drug-likeness (QED) is 0.163. The van der Waals surface area contributed by atoms with Crippen molar-refractivity contribution in [1.29, 1.82) is 0 Å². The van der Waals surface area contributed by atoms with E-state index in [-0.39, 0.29) is 23.4 Å². The van der Waals surface area contributed by atoms with Crippen molar-refractivity contribution in [3.63, 3.8) is 0 Å². The van der Waals surface area contributed by atoms with Crippen molar-refractivity contribution in [3.05, 3.63) is 10.1 Å². The van der Waals surface area contributed by atoms with Gasteiger partial charge in [-0.3, -0.25) is 10.1 Å². The lowest BCUT2D eigenvalue weighted by Crippen LogP contribution is -2.30. The summed E-state index contributed by atoms with van der Waals surface area (Å²) < 4.78 is 13.4. The summed E-state index contributed by atoms with van der Waals surface area (Å²) in [6, 6.07) is -0.410. The van der Waals surface area contributed by atoms with Crippen molar-refractivity contribution in [3.8, 4) is 0 Å². The minimum atomic E-state index is -0.410.